The Morgan fingerprint density at radius 1 is 1.30 bits per heavy atom. The number of amides is 2. The summed E-state index contributed by atoms with van der Waals surface area (Å²) in [5.74, 6) is -0.150. The van der Waals surface area contributed by atoms with Crippen LogP contribution in [0, 0.1) is 0 Å². The Hall–Kier alpha value is -1.99. The topological polar surface area (TPSA) is 70.7 Å². The number of hydrogen-bond donors (Lipinski definition) is 2. The fourth-order valence-corrected chi connectivity index (χ4v) is 2.49. The number of nitrogens with one attached hydrogen (secondary N) is 2. The molecule has 2 amide bonds. The first kappa shape index (κ1) is 17.4. The largest absolute Gasteiger partial charge is 0.378 e. The highest BCUT2D eigenvalue weighted by atomic mass is 32.1. The minimum atomic E-state index is -0.120. The number of rotatable bonds is 4. The summed E-state index contributed by atoms with van der Waals surface area (Å²) in [5.41, 5.74) is 1.26. The standard InChI is InChI=1S/C16H21N3O3S/c1-2-4-14(20)18-16(23)17-13-6-3-5-12(11-13)15(21)19-7-9-22-10-8-19/h3,5-6,11H,2,4,7-10H2,1H3,(H2,17,18,20,23). The van der Waals surface area contributed by atoms with Crippen LogP contribution in [-0.2, 0) is 9.53 Å². The fraction of sp³-hybridized carbons (Fsp3) is 0.438. The average Bonchev–Trinajstić information content (AvgIpc) is 2.55. The van der Waals surface area contributed by atoms with Gasteiger partial charge in [-0.25, -0.2) is 0 Å². The quantitative estimate of drug-likeness (QED) is 0.821. The number of hydrogen-bond acceptors (Lipinski definition) is 4. The Labute approximate surface area is 141 Å². The Morgan fingerprint density at radius 3 is 2.74 bits per heavy atom. The first-order valence-corrected chi connectivity index (χ1v) is 8.09. The Morgan fingerprint density at radius 2 is 2.04 bits per heavy atom. The summed E-state index contributed by atoms with van der Waals surface area (Å²) in [4.78, 5) is 25.7. The van der Waals surface area contributed by atoms with Crippen molar-refractivity contribution in [2.45, 2.75) is 19.8 Å². The molecule has 0 bridgehead atoms. The second kappa shape index (κ2) is 8.59. The number of morpholine rings is 1. The van der Waals surface area contributed by atoms with E-state index in [1.54, 1.807) is 29.2 Å². The molecule has 6 nitrogen and oxygen atoms in total. The van der Waals surface area contributed by atoms with Gasteiger partial charge >= 0.3 is 0 Å². The lowest BCUT2D eigenvalue weighted by Crippen LogP contribution is -2.40. The number of anilines is 1. The molecule has 1 aliphatic rings. The van der Waals surface area contributed by atoms with E-state index in [4.69, 9.17) is 17.0 Å². The molecule has 1 fully saturated rings. The SMILES string of the molecule is CCCC(=O)NC(=S)Nc1cccc(C(=O)N2CCOCC2)c1. The molecule has 2 N–H and O–H groups in total. The Kier molecular flexibility index (Phi) is 6.49. The zero-order valence-corrected chi connectivity index (χ0v) is 13.9. The van der Waals surface area contributed by atoms with E-state index in [-0.39, 0.29) is 16.9 Å². The van der Waals surface area contributed by atoms with Crippen LogP contribution in [-0.4, -0.2) is 48.1 Å². The minimum absolute atomic E-state index is 0.0297. The van der Waals surface area contributed by atoms with Crippen molar-refractivity contribution in [3.05, 3.63) is 29.8 Å². The molecule has 1 aromatic carbocycles. The maximum Gasteiger partial charge on any atom is 0.254 e. The molecule has 0 atom stereocenters. The summed E-state index contributed by atoms with van der Waals surface area (Å²) >= 11 is 5.11. The highest BCUT2D eigenvalue weighted by molar-refractivity contribution is 7.80. The van der Waals surface area contributed by atoms with Gasteiger partial charge in [-0.3, -0.25) is 9.59 Å². The minimum Gasteiger partial charge on any atom is -0.378 e. The highest BCUT2D eigenvalue weighted by Crippen LogP contribution is 2.13. The second-order valence-electron chi connectivity index (χ2n) is 5.24. The fourth-order valence-electron chi connectivity index (χ4n) is 2.26. The van der Waals surface area contributed by atoms with Gasteiger partial charge < -0.3 is 20.3 Å². The van der Waals surface area contributed by atoms with Crippen molar-refractivity contribution in [3.63, 3.8) is 0 Å². The third-order valence-electron chi connectivity index (χ3n) is 3.40. The van der Waals surface area contributed by atoms with Crippen LogP contribution >= 0.6 is 12.2 Å². The third-order valence-corrected chi connectivity index (χ3v) is 3.60. The number of benzene rings is 1. The van der Waals surface area contributed by atoms with Crippen LogP contribution < -0.4 is 10.6 Å². The summed E-state index contributed by atoms with van der Waals surface area (Å²) < 4.78 is 5.26. The van der Waals surface area contributed by atoms with Gasteiger partial charge in [0.05, 0.1) is 13.2 Å². The van der Waals surface area contributed by atoms with Crippen molar-refractivity contribution in [1.82, 2.24) is 10.2 Å². The highest BCUT2D eigenvalue weighted by Gasteiger charge is 2.18. The van der Waals surface area contributed by atoms with Crippen LogP contribution in [0.2, 0.25) is 0 Å². The smallest absolute Gasteiger partial charge is 0.254 e. The maximum absolute atomic E-state index is 12.4. The molecule has 0 aromatic heterocycles. The molecule has 1 heterocycles. The summed E-state index contributed by atoms with van der Waals surface area (Å²) in [7, 11) is 0. The van der Waals surface area contributed by atoms with Crippen molar-refractivity contribution in [3.8, 4) is 0 Å². The molecule has 124 valence electrons. The number of carbonyl (C=O) groups excluding carboxylic acids is 2. The van der Waals surface area contributed by atoms with Crippen molar-refractivity contribution in [2.24, 2.45) is 0 Å². The van der Waals surface area contributed by atoms with E-state index in [9.17, 15) is 9.59 Å². The van der Waals surface area contributed by atoms with Crippen LogP contribution in [0.25, 0.3) is 0 Å². The lowest BCUT2D eigenvalue weighted by molar-refractivity contribution is -0.119. The van der Waals surface area contributed by atoms with Gasteiger partial charge in [0, 0.05) is 30.8 Å². The van der Waals surface area contributed by atoms with Gasteiger partial charge in [-0.2, -0.15) is 0 Å². The Bertz CT molecular complexity index is 586. The molecule has 7 heteroatoms. The summed E-state index contributed by atoms with van der Waals surface area (Å²) in [6.07, 6.45) is 1.19. The van der Waals surface area contributed by atoms with Crippen LogP contribution in [0.15, 0.2) is 24.3 Å². The van der Waals surface area contributed by atoms with E-state index in [0.717, 1.165) is 6.42 Å². The number of ether oxygens (including phenoxy) is 1. The normalized spacial score (nSPS) is 14.2. The van der Waals surface area contributed by atoms with Crippen LogP contribution in [0.4, 0.5) is 5.69 Å². The molecule has 1 saturated heterocycles. The third kappa shape index (κ3) is 5.30. The van der Waals surface area contributed by atoms with E-state index in [1.165, 1.54) is 0 Å². The van der Waals surface area contributed by atoms with Crippen molar-refractivity contribution < 1.29 is 14.3 Å². The van der Waals surface area contributed by atoms with Crippen LogP contribution in [0.5, 0.6) is 0 Å². The van der Waals surface area contributed by atoms with Gasteiger partial charge in [-0.1, -0.05) is 13.0 Å². The van der Waals surface area contributed by atoms with Gasteiger partial charge in [0.1, 0.15) is 0 Å². The summed E-state index contributed by atoms with van der Waals surface area (Å²) in [6.45, 7) is 4.26. The molecular formula is C16H21N3O3S. The zero-order valence-electron chi connectivity index (χ0n) is 13.1. The molecule has 0 unspecified atom stereocenters. The summed E-state index contributed by atoms with van der Waals surface area (Å²) in [5, 5.41) is 5.78. The molecule has 23 heavy (non-hydrogen) atoms. The number of nitrogens with zero attached hydrogens (tertiary/aromatic N) is 1. The second-order valence-corrected chi connectivity index (χ2v) is 5.65. The van der Waals surface area contributed by atoms with Crippen LogP contribution in [0.1, 0.15) is 30.1 Å². The zero-order chi connectivity index (χ0) is 16.7. The van der Waals surface area contributed by atoms with Crippen molar-refractivity contribution in [1.29, 1.82) is 0 Å². The summed E-state index contributed by atoms with van der Waals surface area (Å²) in [6, 6.07) is 7.08. The molecule has 0 radical (unpaired) electrons. The number of carbonyl (C=O) groups is 2. The molecule has 0 spiro atoms. The molecule has 0 aliphatic carbocycles. The van der Waals surface area contributed by atoms with E-state index in [1.807, 2.05) is 6.92 Å². The van der Waals surface area contributed by atoms with E-state index in [0.29, 0.717) is 44.0 Å². The maximum atomic E-state index is 12.4. The van der Waals surface area contributed by atoms with Gasteiger partial charge in [-0.15, -0.1) is 0 Å². The molecule has 1 aromatic rings. The van der Waals surface area contributed by atoms with E-state index < -0.39 is 0 Å². The number of thiocarbonyl (C=S) groups is 1. The van der Waals surface area contributed by atoms with Crippen molar-refractivity contribution >= 4 is 34.8 Å². The van der Waals surface area contributed by atoms with E-state index >= 15 is 0 Å². The van der Waals surface area contributed by atoms with Gasteiger partial charge in [0.15, 0.2) is 5.11 Å². The van der Waals surface area contributed by atoms with Crippen LogP contribution in [0.3, 0.4) is 0 Å². The molecule has 1 aliphatic heterocycles. The van der Waals surface area contributed by atoms with Crippen molar-refractivity contribution in [2.75, 3.05) is 31.6 Å². The monoisotopic (exact) mass is 335 g/mol. The predicted molar refractivity (Wildman–Crippen MR) is 92.4 cm³/mol. The van der Waals surface area contributed by atoms with Gasteiger partial charge in [0.2, 0.25) is 5.91 Å². The molecule has 0 saturated carbocycles. The first-order chi connectivity index (χ1) is 11.1. The first-order valence-electron chi connectivity index (χ1n) is 7.68. The van der Waals surface area contributed by atoms with Gasteiger partial charge in [-0.05, 0) is 36.8 Å². The van der Waals surface area contributed by atoms with Gasteiger partial charge in [0.25, 0.3) is 5.91 Å². The molecule has 2 rings (SSSR count). The Balaban J connectivity index is 1.97. The molecular weight excluding hydrogens is 314 g/mol. The lowest BCUT2D eigenvalue weighted by Gasteiger charge is -2.27. The predicted octanol–water partition coefficient (Wildman–Crippen LogP) is 1.77. The lowest BCUT2D eigenvalue weighted by atomic mass is 10.1. The van der Waals surface area contributed by atoms with E-state index in [2.05, 4.69) is 10.6 Å². The average molecular weight is 335 g/mol.